The Labute approximate surface area is 678 Å². The van der Waals surface area contributed by atoms with Crippen LogP contribution in [0.2, 0.25) is 0 Å². The van der Waals surface area contributed by atoms with E-state index in [9.17, 15) is 5.26 Å². The lowest BCUT2D eigenvalue weighted by molar-refractivity contribution is 1.19. The first-order chi connectivity index (χ1) is 58.4. The molecule has 24 aromatic rings. The first-order valence-corrected chi connectivity index (χ1v) is 40.0. The second-order valence-electron chi connectivity index (χ2n) is 30.6. The zero-order valence-corrected chi connectivity index (χ0v) is 63.8. The van der Waals surface area contributed by atoms with Crippen molar-refractivity contribution >= 4 is 141 Å². The molecule has 0 atom stereocenters. The molecule has 0 aliphatic heterocycles. The van der Waals surface area contributed by atoms with Crippen LogP contribution in [0.3, 0.4) is 0 Å². The molecule has 0 saturated carbocycles. The van der Waals surface area contributed by atoms with Gasteiger partial charge < -0.3 is 9.13 Å². The third kappa shape index (κ3) is 11.3. The molecule has 0 fully saturated rings. The summed E-state index contributed by atoms with van der Waals surface area (Å²) in [5.41, 5.74) is 21.9. The second kappa shape index (κ2) is 27.7. The van der Waals surface area contributed by atoms with E-state index in [2.05, 4.69) is 391 Å². The van der Waals surface area contributed by atoms with Crippen LogP contribution < -0.4 is 0 Å². The highest BCUT2D eigenvalue weighted by Crippen LogP contribution is 2.46. The number of rotatable bonds is 9. The van der Waals surface area contributed by atoms with Crippen molar-refractivity contribution in [2.24, 2.45) is 0 Å². The largest absolute Gasteiger partial charge is 0.309 e. The SMILES string of the molecule is N#Cc1ccc(-c2ccc3nc(-c4ccc(-n5c6cc7ccccc7cc6c6c7ccccc7ccc65)c5ccccc45)nc(-c4ccc(-c5ccccc5)cc4)c3c2)cc1.c1ccc(-c2ccc3nc(-c4ccc(-n5c6cc7ccccc7cc6c6c7ccccc7ccc65)c5ccccc45)nc(-c4ccc5ccccc5c4)c3c2)cc1. The lowest BCUT2D eigenvalue weighted by Gasteiger charge is -2.16. The summed E-state index contributed by atoms with van der Waals surface area (Å²) in [5, 5.41) is 33.2. The zero-order chi connectivity index (χ0) is 77.9. The van der Waals surface area contributed by atoms with E-state index in [0.29, 0.717) is 17.2 Å². The molecule has 0 aliphatic rings. The van der Waals surface area contributed by atoms with Crippen LogP contribution in [-0.2, 0) is 0 Å². The van der Waals surface area contributed by atoms with E-state index < -0.39 is 0 Å². The number of nitrogens with zero attached hydrogens (tertiary/aromatic N) is 7. The fraction of sp³-hybridized carbons (Fsp3) is 0. The van der Waals surface area contributed by atoms with Gasteiger partial charge in [-0.1, -0.05) is 303 Å². The van der Waals surface area contributed by atoms with E-state index >= 15 is 0 Å². The molecule has 7 nitrogen and oxygen atoms in total. The Hall–Kier alpha value is -16.0. The van der Waals surface area contributed by atoms with Crippen LogP contribution >= 0.6 is 0 Å². The fourth-order valence-electron chi connectivity index (χ4n) is 18.3. The first kappa shape index (κ1) is 67.7. The van der Waals surface area contributed by atoms with Crippen molar-refractivity contribution < 1.29 is 0 Å². The molecule has 4 heterocycles. The first-order valence-electron chi connectivity index (χ1n) is 40.0. The molecule has 0 radical (unpaired) electrons. The quantitative estimate of drug-likeness (QED) is 0.144. The van der Waals surface area contributed by atoms with Crippen molar-refractivity contribution in [3.63, 3.8) is 0 Å². The van der Waals surface area contributed by atoms with Crippen LogP contribution in [0, 0.1) is 11.3 Å². The molecule has 4 aromatic heterocycles. The third-order valence-electron chi connectivity index (χ3n) is 23.9. The summed E-state index contributed by atoms with van der Waals surface area (Å²) in [6.45, 7) is 0. The van der Waals surface area contributed by atoms with Gasteiger partial charge in [0.1, 0.15) is 0 Å². The van der Waals surface area contributed by atoms with Gasteiger partial charge in [-0.05, 0) is 201 Å². The molecule has 0 amide bonds. The lowest BCUT2D eigenvalue weighted by Crippen LogP contribution is -1.99. The molecule has 546 valence electrons. The maximum atomic E-state index is 9.43. The summed E-state index contributed by atoms with van der Waals surface area (Å²) in [7, 11) is 0. The van der Waals surface area contributed by atoms with Crippen LogP contribution in [0.4, 0.5) is 0 Å². The highest BCUT2D eigenvalue weighted by atomic mass is 15.0. The molecule has 20 aromatic carbocycles. The van der Waals surface area contributed by atoms with Crippen LogP contribution in [-0.4, -0.2) is 29.1 Å². The zero-order valence-electron chi connectivity index (χ0n) is 63.8. The van der Waals surface area contributed by atoms with Gasteiger partial charge in [0.2, 0.25) is 0 Å². The summed E-state index contributed by atoms with van der Waals surface area (Å²) >= 11 is 0. The normalized spacial score (nSPS) is 11.7. The van der Waals surface area contributed by atoms with Crippen molar-refractivity contribution in [3.8, 4) is 96.1 Å². The summed E-state index contributed by atoms with van der Waals surface area (Å²) in [6, 6.07) is 147. The van der Waals surface area contributed by atoms with Gasteiger partial charge in [-0.3, -0.25) is 0 Å². The van der Waals surface area contributed by atoms with Gasteiger partial charge in [-0.25, -0.2) is 19.9 Å². The van der Waals surface area contributed by atoms with Crippen molar-refractivity contribution in [2.45, 2.75) is 0 Å². The number of fused-ring (bicyclic) bond motifs is 17. The molecule has 0 N–H and O–H groups in total. The van der Waals surface area contributed by atoms with Gasteiger partial charge in [-0.2, -0.15) is 5.26 Å². The smallest absolute Gasteiger partial charge is 0.161 e. The maximum Gasteiger partial charge on any atom is 0.161 e. The topological polar surface area (TPSA) is 85.2 Å². The fourth-order valence-corrected chi connectivity index (χ4v) is 18.3. The number of nitriles is 1. The molecule has 0 unspecified atom stereocenters. The average Bonchev–Trinajstić information content (AvgIpc) is 1.29. The average molecular weight is 1500 g/mol. The summed E-state index contributed by atoms with van der Waals surface area (Å²) < 4.78 is 4.91. The van der Waals surface area contributed by atoms with Crippen molar-refractivity contribution in [3.05, 3.63) is 412 Å². The van der Waals surface area contributed by atoms with Gasteiger partial charge in [-0.15, -0.1) is 0 Å². The van der Waals surface area contributed by atoms with E-state index in [0.717, 1.165) is 111 Å². The second-order valence-corrected chi connectivity index (χ2v) is 30.6. The lowest BCUT2D eigenvalue weighted by atomic mass is 9.97. The van der Waals surface area contributed by atoms with Crippen LogP contribution in [0.1, 0.15) is 5.56 Å². The van der Waals surface area contributed by atoms with Gasteiger partial charge in [0.25, 0.3) is 0 Å². The molecule has 0 saturated heterocycles. The molecule has 0 aliphatic carbocycles. The third-order valence-corrected chi connectivity index (χ3v) is 23.9. The Morgan fingerprint density at radius 3 is 1.03 bits per heavy atom. The molecular weight excluding hydrogens is 1430 g/mol. The molecule has 0 spiro atoms. The molecule has 118 heavy (non-hydrogen) atoms. The molecule has 24 rings (SSSR count). The predicted molar refractivity (Wildman–Crippen MR) is 493 cm³/mol. The maximum absolute atomic E-state index is 9.43. The van der Waals surface area contributed by atoms with Crippen molar-refractivity contribution in [2.75, 3.05) is 0 Å². The summed E-state index contributed by atoms with van der Waals surface area (Å²) in [6.07, 6.45) is 0. The van der Waals surface area contributed by atoms with E-state index in [1.165, 1.54) is 109 Å². The highest BCUT2D eigenvalue weighted by Gasteiger charge is 2.25. The molecule has 0 bridgehead atoms. The summed E-state index contributed by atoms with van der Waals surface area (Å²) in [5.74, 6) is 1.38. The van der Waals surface area contributed by atoms with E-state index in [1.807, 2.05) is 30.3 Å². The number of benzene rings is 20. The van der Waals surface area contributed by atoms with E-state index in [1.54, 1.807) is 0 Å². The Kier molecular flexibility index (Phi) is 15.9. The van der Waals surface area contributed by atoms with Gasteiger partial charge >= 0.3 is 0 Å². The van der Waals surface area contributed by atoms with E-state index in [-0.39, 0.29) is 0 Å². The van der Waals surface area contributed by atoms with Crippen LogP contribution in [0.5, 0.6) is 0 Å². The minimum atomic E-state index is 0.634. The van der Waals surface area contributed by atoms with Crippen LogP contribution in [0.25, 0.3) is 231 Å². The predicted octanol–water partition coefficient (Wildman–Crippen LogP) is 29.1. The Morgan fingerprint density at radius 2 is 0.551 bits per heavy atom. The van der Waals surface area contributed by atoms with Gasteiger partial charge in [0.05, 0.1) is 67.5 Å². The standard InChI is InChI=1S/C57H34N4.C54H33N3/c58-35-36-18-20-39(21-19-36)44-26-29-51-49(32-44)56(41-24-22-38(23-25-41)37-10-2-1-3-11-37)60-57(59-51)48-28-31-52(47-17-9-8-16-46(47)48)61-53-30-27-40-12-6-7-15-45(40)55(53)50-33-42-13-4-5-14-43(42)34-54(50)61;1-2-12-34(13-3-1)40-24-27-48-46(31-40)53(41-23-22-35-14-4-5-16-37(35)30-41)56-54(55-48)45-26-29-49(44-21-11-10-20-43(44)45)57-50-28-25-36-15-8-9-19-42(36)52(50)47-32-38-17-6-7-18-39(38)33-51(47)57/h1-34H;1-33H. The minimum Gasteiger partial charge on any atom is -0.309 e. The van der Waals surface area contributed by atoms with Gasteiger partial charge in [0, 0.05) is 65.3 Å². The Morgan fingerprint density at radius 1 is 0.203 bits per heavy atom. The monoisotopic (exact) mass is 1500 g/mol. The Bertz CT molecular complexity index is 8300. The number of hydrogen-bond acceptors (Lipinski definition) is 5. The Balaban J connectivity index is 0.000000139. The molecule has 7 heteroatoms. The van der Waals surface area contributed by atoms with Crippen molar-refractivity contribution in [1.29, 1.82) is 5.26 Å². The summed E-state index contributed by atoms with van der Waals surface area (Å²) in [4.78, 5) is 21.6. The van der Waals surface area contributed by atoms with E-state index in [4.69, 9.17) is 19.9 Å². The van der Waals surface area contributed by atoms with Crippen molar-refractivity contribution in [1.82, 2.24) is 29.1 Å². The number of hydrogen-bond donors (Lipinski definition) is 0. The van der Waals surface area contributed by atoms with Gasteiger partial charge in [0.15, 0.2) is 11.6 Å². The minimum absolute atomic E-state index is 0.634. The number of aromatic nitrogens is 6. The molecular formula is C111H67N7. The highest BCUT2D eigenvalue weighted by molar-refractivity contribution is 6.26. The van der Waals surface area contributed by atoms with Crippen LogP contribution in [0.15, 0.2) is 406 Å².